The summed E-state index contributed by atoms with van der Waals surface area (Å²) in [7, 11) is 1.55. The van der Waals surface area contributed by atoms with E-state index in [1.54, 1.807) is 18.9 Å². The summed E-state index contributed by atoms with van der Waals surface area (Å²) in [5, 5.41) is 0.437. The highest BCUT2D eigenvalue weighted by atomic mass is 32.2. The summed E-state index contributed by atoms with van der Waals surface area (Å²) in [6.07, 6.45) is 3.98. The number of hydrogen-bond acceptors (Lipinski definition) is 7. The molecular weight excluding hydrogens is 428 g/mol. The largest absolute Gasteiger partial charge is 0.494 e. The monoisotopic (exact) mass is 460 g/mol. The van der Waals surface area contributed by atoms with Gasteiger partial charge in [-0.2, -0.15) is 0 Å². The number of ether oxygens (including phenoxy) is 3. The molecule has 2 aliphatic heterocycles. The molecule has 1 fully saturated rings. The molecule has 174 valence electrons. The zero-order valence-electron chi connectivity index (χ0n) is 19.3. The molecule has 0 aromatic heterocycles. The number of carbonyl (C=O) groups excluding carboxylic acids is 2. The van der Waals surface area contributed by atoms with Gasteiger partial charge in [0.05, 0.1) is 35.8 Å². The molecule has 0 radical (unpaired) electrons. The molecule has 0 spiro atoms. The van der Waals surface area contributed by atoms with E-state index in [-0.39, 0.29) is 17.8 Å². The van der Waals surface area contributed by atoms with Crippen LogP contribution in [0.4, 0.5) is 0 Å². The molecule has 32 heavy (non-hydrogen) atoms. The van der Waals surface area contributed by atoms with Gasteiger partial charge in [0.25, 0.3) is 0 Å². The molecule has 2 atom stereocenters. The summed E-state index contributed by atoms with van der Waals surface area (Å²) in [6.45, 7) is 7.04. The Kier molecular flexibility index (Phi) is 8.75. The van der Waals surface area contributed by atoms with Crippen molar-refractivity contribution in [1.82, 2.24) is 4.90 Å². The van der Waals surface area contributed by atoms with Gasteiger partial charge in [-0.1, -0.05) is 50.6 Å². The Balaban J connectivity index is 1.90. The summed E-state index contributed by atoms with van der Waals surface area (Å²) >= 11 is 1.45. The zero-order valence-corrected chi connectivity index (χ0v) is 20.1. The Labute approximate surface area is 194 Å². The molecule has 0 unspecified atom stereocenters. The van der Waals surface area contributed by atoms with Crippen molar-refractivity contribution in [2.24, 2.45) is 4.99 Å². The highest BCUT2D eigenvalue weighted by Gasteiger charge is 2.47. The molecule has 0 N–H and O–H groups in total. The first kappa shape index (κ1) is 24.3. The standard InChI is InChI=1S/C24H32N2O5S/c1-5-7-8-13-30-18-11-9-17(10-12-18)21-20(23(28)31-15-14-29-4)16(3)25-24-26(21)22(27)19(6-2)32-24/h9-12,19,21H,5-8,13-15H2,1-4H3/t19-,21+/m0/s1. The maximum Gasteiger partial charge on any atom is 0.338 e. The van der Waals surface area contributed by atoms with Crippen LogP contribution in [0.3, 0.4) is 0 Å². The van der Waals surface area contributed by atoms with E-state index >= 15 is 0 Å². The van der Waals surface area contributed by atoms with Gasteiger partial charge in [0.2, 0.25) is 5.91 Å². The minimum absolute atomic E-state index is 0.0316. The fourth-order valence-electron chi connectivity index (χ4n) is 3.75. The Hall–Kier alpha value is -2.32. The number of hydrogen-bond donors (Lipinski definition) is 0. The van der Waals surface area contributed by atoms with Gasteiger partial charge in [-0.05, 0) is 37.5 Å². The van der Waals surface area contributed by atoms with E-state index in [0.29, 0.717) is 36.1 Å². The minimum Gasteiger partial charge on any atom is -0.494 e. The van der Waals surface area contributed by atoms with Crippen LogP contribution in [-0.4, -0.2) is 54.1 Å². The molecule has 2 aliphatic rings. The van der Waals surface area contributed by atoms with Crippen molar-refractivity contribution in [2.75, 3.05) is 26.9 Å². The van der Waals surface area contributed by atoms with Gasteiger partial charge in [0.1, 0.15) is 12.4 Å². The van der Waals surface area contributed by atoms with Crippen LogP contribution in [0, 0.1) is 0 Å². The number of esters is 1. The van der Waals surface area contributed by atoms with E-state index in [2.05, 4.69) is 11.9 Å². The summed E-state index contributed by atoms with van der Waals surface area (Å²) in [5.74, 6) is 0.258. The van der Waals surface area contributed by atoms with Gasteiger partial charge in [-0.15, -0.1) is 0 Å². The number of thioether (sulfide) groups is 1. The second-order valence-electron chi connectivity index (χ2n) is 7.77. The lowest BCUT2D eigenvalue weighted by molar-refractivity contribution is -0.141. The van der Waals surface area contributed by atoms with Crippen LogP contribution >= 0.6 is 11.8 Å². The van der Waals surface area contributed by atoms with E-state index in [1.165, 1.54) is 11.8 Å². The summed E-state index contributed by atoms with van der Waals surface area (Å²) in [6, 6.07) is 7.02. The van der Waals surface area contributed by atoms with E-state index < -0.39 is 12.0 Å². The Morgan fingerprint density at radius 3 is 2.53 bits per heavy atom. The third kappa shape index (κ3) is 5.35. The number of amidine groups is 1. The molecule has 0 aliphatic carbocycles. The number of rotatable bonds is 11. The maximum absolute atomic E-state index is 13.2. The summed E-state index contributed by atoms with van der Waals surface area (Å²) in [5.41, 5.74) is 1.77. The topological polar surface area (TPSA) is 77.4 Å². The molecular formula is C24H32N2O5S. The van der Waals surface area contributed by atoms with E-state index in [0.717, 1.165) is 30.6 Å². The second kappa shape index (κ2) is 11.5. The van der Waals surface area contributed by atoms with Crippen molar-refractivity contribution >= 4 is 28.8 Å². The number of aliphatic imine (C=N–C) groups is 1. The first-order valence-corrected chi connectivity index (χ1v) is 12.1. The molecule has 0 saturated carbocycles. The number of methoxy groups -OCH3 is 1. The van der Waals surface area contributed by atoms with Crippen LogP contribution in [0.5, 0.6) is 5.75 Å². The normalized spacial score (nSPS) is 20.3. The average Bonchev–Trinajstić information content (AvgIpc) is 3.11. The number of fused-ring (bicyclic) bond motifs is 1. The second-order valence-corrected chi connectivity index (χ2v) is 8.94. The molecule has 7 nitrogen and oxygen atoms in total. The highest BCUT2D eigenvalue weighted by Crippen LogP contribution is 2.44. The van der Waals surface area contributed by atoms with Gasteiger partial charge < -0.3 is 14.2 Å². The lowest BCUT2D eigenvalue weighted by Crippen LogP contribution is -2.40. The predicted octanol–water partition coefficient (Wildman–Crippen LogP) is 4.48. The number of allylic oxidation sites excluding steroid dienone is 1. The van der Waals surface area contributed by atoms with Crippen molar-refractivity contribution in [3.8, 4) is 5.75 Å². The number of nitrogens with zero attached hydrogens (tertiary/aromatic N) is 2. The fraction of sp³-hybridized carbons (Fsp3) is 0.542. The molecule has 0 bridgehead atoms. The third-order valence-corrected chi connectivity index (χ3v) is 6.79. The van der Waals surface area contributed by atoms with Crippen LogP contribution in [0.2, 0.25) is 0 Å². The van der Waals surface area contributed by atoms with Crippen LogP contribution in [-0.2, 0) is 19.1 Å². The van der Waals surface area contributed by atoms with E-state index in [1.807, 2.05) is 31.2 Å². The fourth-order valence-corrected chi connectivity index (χ4v) is 4.88. The van der Waals surface area contributed by atoms with Crippen molar-refractivity contribution in [2.45, 2.75) is 57.7 Å². The van der Waals surface area contributed by atoms with E-state index in [4.69, 9.17) is 14.2 Å². The lowest BCUT2D eigenvalue weighted by atomic mass is 9.94. The molecule has 3 rings (SSSR count). The molecule has 1 amide bonds. The van der Waals surface area contributed by atoms with Crippen molar-refractivity contribution in [3.63, 3.8) is 0 Å². The highest BCUT2D eigenvalue weighted by molar-refractivity contribution is 8.15. The number of benzene rings is 1. The molecule has 8 heteroatoms. The number of carbonyl (C=O) groups is 2. The van der Waals surface area contributed by atoms with Crippen LogP contribution in [0.25, 0.3) is 0 Å². The zero-order chi connectivity index (χ0) is 23.1. The number of unbranched alkanes of at least 4 members (excludes halogenated alkanes) is 2. The van der Waals surface area contributed by atoms with Gasteiger partial charge in [-0.3, -0.25) is 9.69 Å². The van der Waals surface area contributed by atoms with Crippen molar-refractivity contribution < 1.29 is 23.8 Å². The smallest absolute Gasteiger partial charge is 0.338 e. The molecule has 1 aromatic rings. The first-order valence-electron chi connectivity index (χ1n) is 11.2. The summed E-state index contributed by atoms with van der Waals surface area (Å²) in [4.78, 5) is 32.4. The minimum atomic E-state index is -0.580. The third-order valence-electron chi connectivity index (χ3n) is 5.48. The SMILES string of the molecule is CCCCCOc1ccc([C@@H]2C(C(=O)OCCOC)=C(C)N=C3S[C@@H](CC)C(=O)N32)cc1. The van der Waals surface area contributed by atoms with Crippen molar-refractivity contribution in [3.05, 3.63) is 41.1 Å². The van der Waals surface area contributed by atoms with Crippen molar-refractivity contribution in [1.29, 1.82) is 0 Å². The Morgan fingerprint density at radius 1 is 1.12 bits per heavy atom. The van der Waals surface area contributed by atoms with Crippen LogP contribution in [0.15, 0.2) is 40.5 Å². The molecule has 1 aromatic carbocycles. The maximum atomic E-state index is 13.2. The van der Waals surface area contributed by atoms with E-state index in [9.17, 15) is 9.59 Å². The quantitative estimate of drug-likeness (QED) is 0.358. The average molecular weight is 461 g/mol. The number of amides is 1. The first-order chi connectivity index (χ1) is 15.5. The van der Waals surface area contributed by atoms with Gasteiger partial charge in [0.15, 0.2) is 5.17 Å². The predicted molar refractivity (Wildman–Crippen MR) is 126 cm³/mol. The lowest BCUT2D eigenvalue weighted by Gasteiger charge is -2.33. The van der Waals surface area contributed by atoms with Gasteiger partial charge >= 0.3 is 5.97 Å². The van der Waals surface area contributed by atoms with Gasteiger partial charge in [0, 0.05) is 7.11 Å². The molecule has 2 heterocycles. The van der Waals surface area contributed by atoms with Gasteiger partial charge in [-0.25, -0.2) is 9.79 Å². The van der Waals surface area contributed by atoms with Crippen LogP contribution in [0.1, 0.15) is 58.1 Å². The summed E-state index contributed by atoms with van der Waals surface area (Å²) < 4.78 is 16.2. The molecule has 1 saturated heterocycles. The Morgan fingerprint density at radius 2 is 1.88 bits per heavy atom. The Bertz CT molecular complexity index is 881. The van der Waals surface area contributed by atoms with Crippen LogP contribution < -0.4 is 4.74 Å².